The van der Waals surface area contributed by atoms with E-state index in [1.165, 1.54) is 18.4 Å². The van der Waals surface area contributed by atoms with E-state index in [4.69, 9.17) is 9.47 Å². The zero-order chi connectivity index (χ0) is 28.6. The maximum Gasteiger partial charge on any atom is 0.338 e. The van der Waals surface area contributed by atoms with Crippen LogP contribution in [0.15, 0.2) is 48.5 Å². The van der Waals surface area contributed by atoms with Crippen LogP contribution in [0, 0.1) is 11.8 Å². The Labute approximate surface area is 241 Å². The number of rotatable bonds is 13. The Morgan fingerprint density at radius 1 is 0.850 bits per heavy atom. The van der Waals surface area contributed by atoms with Crippen molar-refractivity contribution in [2.45, 2.75) is 97.9 Å². The molecule has 2 aliphatic rings. The second-order valence-corrected chi connectivity index (χ2v) is 12.4. The highest BCUT2D eigenvalue weighted by molar-refractivity contribution is 5.95. The summed E-state index contributed by atoms with van der Waals surface area (Å²) in [5.41, 5.74) is 2.58. The molecule has 4 rings (SSSR count). The predicted octanol–water partition coefficient (Wildman–Crippen LogP) is 6.97. The Hall–Kier alpha value is -2.86. The summed E-state index contributed by atoms with van der Waals surface area (Å²) in [5.74, 6) is 1.98. The molecule has 0 aromatic heterocycles. The van der Waals surface area contributed by atoms with Crippen molar-refractivity contribution < 1.29 is 19.1 Å². The Morgan fingerprint density at radius 2 is 1.40 bits per heavy atom. The Kier molecular flexibility index (Phi) is 10.7. The van der Waals surface area contributed by atoms with Gasteiger partial charge in [-0.25, -0.2) is 4.79 Å². The van der Waals surface area contributed by atoms with Crippen molar-refractivity contribution in [3.05, 3.63) is 65.2 Å². The van der Waals surface area contributed by atoms with Crippen LogP contribution in [0.5, 0.6) is 5.75 Å². The van der Waals surface area contributed by atoms with Gasteiger partial charge in [-0.05, 0) is 99.5 Å². The van der Waals surface area contributed by atoms with Crippen molar-refractivity contribution in [2.24, 2.45) is 11.8 Å². The second-order valence-electron chi connectivity index (χ2n) is 12.4. The molecule has 2 fully saturated rings. The first kappa shape index (κ1) is 30.1. The lowest BCUT2D eigenvalue weighted by Gasteiger charge is -2.39. The number of fused-ring (bicyclic) bond motifs is 2. The number of carbonyl (C=O) groups is 2. The van der Waals surface area contributed by atoms with Gasteiger partial charge in [-0.3, -0.25) is 9.69 Å². The van der Waals surface area contributed by atoms with Crippen LogP contribution in [0.2, 0.25) is 0 Å². The van der Waals surface area contributed by atoms with Gasteiger partial charge in [0.05, 0.1) is 12.2 Å². The summed E-state index contributed by atoms with van der Waals surface area (Å²) in [6.07, 6.45) is 6.20. The molecule has 2 saturated heterocycles. The van der Waals surface area contributed by atoms with E-state index in [1.54, 1.807) is 19.1 Å². The summed E-state index contributed by atoms with van der Waals surface area (Å²) in [6, 6.07) is 15.9. The summed E-state index contributed by atoms with van der Waals surface area (Å²) < 4.78 is 11.4. The van der Waals surface area contributed by atoms with Gasteiger partial charge in [0.25, 0.3) is 5.91 Å². The van der Waals surface area contributed by atoms with Crippen LogP contribution in [0.3, 0.4) is 0 Å². The number of benzene rings is 2. The normalized spacial score (nSPS) is 20.4. The molecule has 3 atom stereocenters. The average Bonchev–Trinajstić information content (AvgIpc) is 3.20. The van der Waals surface area contributed by atoms with Gasteiger partial charge in [-0.15, -0.1) is 0 Å². The average molecular weight is 549 g/mol. The van der Waals surface area contributed by atoms with Gasteiger partial charge >= 0.3 is 5.97 Å². The number of amides is 1. The fourth-order valence-electron chi connectivity index (χ4n) is 5.94. The minimum Gasteiger partial charge on any atom is -0.490 e. The molecule has 40 heavy (non-hydrogen) atoms. The lowest BCUT2D eigenvalue weighted by molar-refractivity contribution is 0.0359. The van der Waals surface area contributed by atoms with E-state index in [0.29, 0.717) is 24.0 Å². The summed E-state index contributed by atoms with van der Waals surface area (Å²) in [5, 5.41) is 0. The van der Waals surface area contributed by atoms with E-state index in [0.717, 1.165) is 56.6 Å². The molecule has 2 aromatic carbocycles. The van der Waals surface area contributed by atoms with Crippen LogP contribution in [-0.4, -0.2) is 59.6 Å². The van der Waals surface area contributed by atoms with E-state index in [9.17, 15) is 9.59 Å². The molecule has 2 heterocycles. The molecule has 0 N–H and O–H groups in total. The molecule has 2 aliphatic heterocycles. The Bertz CT molecular complexity index is 1070. The van der Waals surface area contributed by atoms with Crippen LogP contribution in [0.25, 0.3) is 0 Å². The van der Waals surface area contributed by atoms with Crippen LogP contribution in [-0.2, 0) is 11.3 Å². The number of piperidine rings is 1. The van der Waals surface area contributed by atoms with Crippen LogP contribution in [0.4, 0.5) is 0 Å². The molecule has 2 aromatic rings. The highest BCUT2D eigenvalue weighted by atomic mass is 16.5. The van der Waals surface area contributed by atoms with E-state index in [-0.39, 0.29) is 30.1 Å². The van der Waals surface area contributed by atoms with Gasteiger partial charge in [0.15, 0.2) is 0 Å². The fraction of sp³-hybridized carbons (Fsp3) is 0.588. The minimum absolute atomic E-state index is 0.0695. The maximum absolute atomic E-state index is 13.6. The molecule has 0 saturated carbocycles. The second kappa shape index (κ2) is 14.2. The monoisotopic (exact) mass is 548 g/mol. The first-order valence-electron chi connectivity index (χ1n) is 15.3. The first-order chi connectivity index (χ1) is 19.2. The standard InChI is InChI=1S/C34H48N2O4/c1-6-39-34(38)28-11-15-31(16-12-28)40-32-21-29-13-14-30(22-32)36(29)33(37)27-9-7-26(8-10-27)23-35(19-17-24(2)3)20-18-25(4)5/h7-12,15-16,24-25,29-30,32H,6,13-14,17-23H2,1-5H3/t29-,30+,32?. The first-order valence-corrected chi connectivity index (χ1v) is 15.3. The number of carbonyl (C=O) groups excluding carboxylic acids is 2. The topological polar surface area (TPSA) is 59.1 Å². The number of esters is 1. The molecular weight excluding hydrogens is 500 g/mol. The smallest absolute Gasteiger partial charge is 0.338 e. The molecule has 6 nitrogen and oxygen atoms in total. The van der Waals surface area contributed by atoms with Crippen molar-refractivity contribution in [1.82, 2.24) is 9.80 Å². The summed E-state index contributed by atoms with van der Waals surface area (Å²) in [4.78, 5) is 30.2. The number of ether oxygens (including phenoxy) is 2. The molecule has 1 unspecified atom stereocenters. The Morgan fingerprint density at radius 3 is 1.93 bits per heavy atom. The SMILES string of the molecule is CCOC(=O)c1ccc(OC2C[C@H]3CC[C@@H](C2)N3C(=O)c2ccc(CN(CCC(C)C)CCC(C)C)cc2)cc1. The third-order valence-corrected chi connectivity index (χ3v) is 8.24. The van der Waals surface area contributed by atoms with Gasteiger partial charge in [0, 0.05) is 37.0 Å². The molecular formula is C34H48N2O4. The zero-order valence-corrected chi connectivity index (χ0v) is 25.1. The Balaban J connectivity index is 1.33. The highest BCUT2D eigenvalue weighted by Crippen LogP contribution is 2.38. The molecule has 1 amide bonds. The summed E-state index contributed by atoms with van der Waals surface area (Å²) >= 11 is 0. The van der Waals surface area contributed by atoms with Gasteiger partial charge in [0.2, 0.25) is 0 Å². The number of hydrogen-bond donors (Lipinski definition) is 0. The number of nitrogens with zero attached hydrogens (tertiary/aromatic N) is 2. The number of hydrogen-bond acceptors (Lipinski definition) is 5. The van der Waals surface area contributed by atoms with Crippen LogP contribution < -0.4 is 4.74 Å². The van der Waals surface area contributed by atoms with Crippen molar-refractivity contribution >= 4 is 11.9 Å². The van der Waals surface area contributed by atoms with Gasteiger partial charge in [-0.2, -0.15) is 0 Å². The lowest BCUT2D eigenvalue weighted by atomic mass is 9.98. The third-order valence-electron chi connectivity index (χ3n) is 8.24. The quantitative estimate of drug-likeness (QED) is 0.253. The summed E-state index contributed by atoms with van der Waals surface area (Å²) in [6.45, 7) is 14.5. The highest BCUT2D eigenvalue weighted by Gasteiger charge is 2.44. The van der Waals surface area contributed by atoms with Crippen molar-refractivity contribution in [2.75, 3.05) is 19.7 Å². The van der Waals surface area contributed by atoms with Gasteiger partial charge < -0.3 is 14.4 Å². The van der Waals surface area contributed by atoms with E-state index >= 15 is 0 Å². The molecule has 6 heteroatoms. The third kappa shape index (κ3) is 8.09. The van der Waals surface area contributed by atoms with E-state index in [2.05, 4.69) is 49.6 Å². The fourth-order valence-corrected chi connectivity index (χ4v) is 5.94. The molecule has 0 aliphatic carbocycles. The van der Waals surface area contributed by atoms with Gasteiger partial charge in [0.1, 0.15) is 11.9 Å². The predicted molar refractivity (Wildman–Crippen MR) is 160 cm³/mol. The van der Waals surface area contributed by atoms with E-state index < -0.39 is 0 Å². The lowest BCUT2D eigenvalue weighted by Crippen LogP contribution is -2.49. The maximum atomic E-state index is 13.6. The minimum atomic E-state index is -0.318. The molecule has 218 valence electrons. The van der Waals surface area contributed by atoms with E-state index in [1.807, 2.05) is 24.3 Å². The van der Waals surface area contributed by atoms with Crippen molar-refractivity contribution in [3.8, 4) is 5.75 Å². The van der Waals surface area contributed by atoms with Crippen molar-refractivity contribution in [1.29, 1.82) is 0 Å². The van der Waals surface area contributed by atoms with Gasteiger partial charge in [-0.1, -0.05) is 39.8 Å². The molecule has 2 bridgehead atoms. The largest absolute Gasteiger partial charge is 0.490 e. The molecule has 0 radical (unpaired) electrons. The van der Waals surface area contributed by atoms with Crippen molar-refractivity contribution in [3.63, 3.8) is 0 Å². The zero-order valence-electron chi connectivity index (χ0n) is 25.1. The molecule has 0 spiro atoms. The van der Waals surface area contributed by atoms with Crippen LogP contribution in [0.1, 0.15) is 99.4 Å². The summed E-state index contributed by atoms with van der Waals surface area (Å²) in [7, 11) is 0. The van der Waals surface area contributed by atoms with Crippen LogP contribution >= 0.6 is 0 Å².